The molecule has 0 aliphatic heterocycles. The van der Waals surface area contributed by atoms with Crippen molar-refractivity contribution in [3.8, 4) is 0 Å². The van der Waals surface area contributed by atoms with E-state index in [0.717, 1.165) is 23.5 Å². The summed E-state index contributed by atoms with van der Waals surface area (Å²) in [6.45, 7) is 21.1. The molecule has 0 fully saturated rings. The fraction of sp³-hybridized carbons (Fsp3) is 0.333. The molecule has 0 atom stereocenters. The van der Waals surface area contributed by atoms with Crippen LogP contribution in [-0.2, 0) is 6.54 Å². The number of aromatic nitrogens is 1. The predicted octanol–water partition coefficient (Wildman–Crippen LogP) is 8.74. The molecule has 1 aromatic heterocycles. The Kier molecular flexibility index (Phi) is 13.2. The normalized spacial score (nSPS) is 11.0. The number of allylic oxidation sites excluding steroid dienone is 3. The van der Waals surface area contributed by atoms with E-state index in [1.807, 2.05) is 58.9 Å². The van der Waals surface area contributed by atoms with Crippen LogP contribution in [0.5, 0.6) is 0 Å². The van der Waals surface area contributed by atoms with E-state index >= 15 is 0 Å². The maximum absolute atomic E-state index is 14.2. The number of aryl methyl sites for hydroxylation is 2. The number of halogens is 1. The van der Waals surface area contributed by atoms with Gasteiger partial charge in [0.2, 0.25) is 0 Å². The summed E-state index contributed by atoms with van der Waals surface area (Å²) in [4.78, 5) is 24.0. The van der Waals surface area contributed by atoms with E-state index in [1.165, 1.54) is 24.4 Å². The Morgan fingerprint density at radius 2 is 1.61 bits per heavy atom. The van der Waals surface area contributed by atoms with Gasteiger partial charge in [-0.15, -0.1) is 0 Å². The van der Waals surface area contributed by atoms with Crippen molar-refractivity contribution in [2.75, 3.05) is 0 Å². The minimum Gasteiger partial charge on any atom is -0.477 e. The Labute approximate surface area is 227 Å². The lowest BCUT2D eigenvalue weighted by atomic mass is 9.88. The average molecular weight is 520 g/mol. The van der Waals surface area contributed by atoms with Crippen molar-refractivity contribution in [2.45, 2.75) is 68.4 Å². The number of rotatable bonds is 7. The molecule has 3 rings (SSSR count). The highest BCUT2D eigenvalue weighted by atomic mass is 19.1. The standard InChI is InChI=1S/C27H26FNO3.C4H10.C2H6/c1-5-12-29-16-23(27(31)32)25(30)15-24(29)19(4)26(21-10-7-11-22(28)14-21)18(3)20-9-6-8-17(2)13-20;1-4(2)3;1-2/h6-11,13-16H,3,5,12H2,1-2,4H3,(H,31,32);4H,1-3H3;1-2H3/b26-19-;;. The summed E-state index contributed by atoms with van der Waals surface area (Å²) < 4.78 is 15.9. The van der Waals surface area contributed by atoms with Crippen molar-refractivity contribution in [3.63, 3.8) is 0 Å². The maximum Gasteiger partial charge on any atom is 0.341 e. The quantitative estimate of drug-likeness (QED) is 0.318. The zero-order chi connectivity index (χ0) is 29.0. The molecule has 4 nitrogen and oxygen atoms in total. The van der Waals surface area contributed by atoms with Crippen LogP contribution in [0.1, 0.15) is 87.6 Å². The van der Waals surface area contributed by atoms with Gasteiger partial charge in [-0.2, -0.15) is 0 Å². The van der Waals surface area contributed by atoms with Gasteiger partial charge in [0, 0.05) is 24.5 Å². The Morgan fingerprint density at radius 1 is 1.03 bits per heavy atom. The van der Waals surface area contributed by atoms with Crippen molar-refractivity contribution < 1.29 is 14.3 Å². The average Bonchev–Trinajstić information content (AvgIpc) is 2.86. The first-order chi connectivity index (χ1) is 18.0. The first-order valence-corrected chi connectivity index (χ1v) is 13.2. The number of carboxylic acids is 1. The van der Waals surface area contributed by atoms with Crippen LogP contribution in [0.4, 0.5) is 4.39 Å². The van der Waals surface area contributed by atoms with Crippen LogP contribution in [0.15, 0.2) is 72.2 Å². The van der Waals surface area contributed by atoms with Gasteiger partial charge in [-0.25, -0.2) is 9.18 Å². The van der Waals surface area contributed by atoms with Crippen LogP contribution < -0.4 is 5.43 Å². The largest absolute Gasteiger partial charge is 0.477 e. The van der Waals surface area contributed by atoms with E-state index in [2.05, 4.69) is 27.4 Å². The molecule has 38 heavy (non-hydrogen) atoms. The number of carboxylic acid groups (broad SMARTS) is 1. The molecular formula is C33H42FNO3. The minimum atomic E-state index is -1.26. The van der Waals surface area contributed by atoms with Gasteiger partial charge >= 0.3 is 5.97 Å². The highest BCUT2D eigenvalue weighted by molar-refractivity contribution is 6.13. The molecule has 1 heterocycles. The summed E-state index contributed by atoms with van der Waals surface area (Å²) >= 11 is 0. The number of hydrogen-bond donors (Lipinski definition) is 1. The van der Waals surface area contributed by atoms with Crippen LogP contribution in [0, 0.1) is 18.7 Å². The second-order valence-corrected chi connectivity index (χ2v) is 9.53. The molecule has 0 saturated heterocycles. The Balaban J connectivity index is 0.00000110. The SMILES string of the molecule is C=C(/C(=C(\C)c1cc(=O)c(C(=O)O)cn1CCC)c1cccc(F)c1)c1cccc(C)c1.CC.CC(C)C. The lowest BCUT2D eigenvalue weighted by Crippen LogP contribution is -2.20. The summed E-state index contributed by atoms with van der Waals surface area (Å²) in [6, 6.07) is 15.5. The summed E-state index contributed by atoms with van der Waals surface area (Å²) in [5.41, 5.74) is 4.41. The number of aromatic carboxylic acids is 1. The fourth-order valence-electron chi connectivity index (χ4n) is 3.85. The summed E-state index contributed by atoms with van der Waals surface area (Å²) in [6.07, 6.45) is 2.13. The number of nitrogens with zero attached hydrogens (tertiary/aromatic N) is 1. The smallest absolute Gasteiger partial charge is 0.341 e. The lowest BCUT2D eigenvalue weighted by molar-refractivity contribution is 0.0694. The summed E-state index contributed by atoms with van der Waals surface area (Å²) in [5.74, 6) is -0.806. The zero-order valence-electron chi connectivity index (χ0n) is 24.1. The fourth-order valence-corrected chi connectivity index (χ4v) is 3.85. The van der Waals surface area contributed by atoms with Crippen LogP contribution >= 0.6 is 0 Å². The molecule has 0 amide bonds. The number of pyridine rings is 1. The predicted molar refractivity (Wildman–Crippen MR) is 159 cm³/mol. The van der Waals surface area contributed by atoms with Crippen molar-refractivity contribution >= 4 is 22.7 Å². The highest BCUT2D eigenvalue weighted by Crippen LogP contribution is 2.36. The second-order valence-electron chi connectivity index (χ2n) is 9.53. The first kappa shape index (κ1) is 32.3. The molecule has 0 aliphatic rings. The summed E-state index contributed by atoms with van der Waals surface area (Å²) in [7, 11) is 0. The van der Waals surface area contributed by atoms with Crippen LogP contribution in [-0.4, -0.2) is 15.6 Å². The Morgan fingerprint density at radius 3 is 2.13 bits per heavy atom. The van der Waals surface area contributed by atoms with E-state index in [1.54, 1.807) is 16.7 Å². The van der Waals surface area contributed by atoms with Crippen LogP contribution in [0.25, 0.3) is 16.7 Å². The highest BCUT2D eigenvalue weighted by Gasteiger charge is 2.19. The number of carbonyl (C=O) groups is 1. The van der Waals surface area contributed by atoms with Gasteiger partial charge in [-0.1, -0.05) is 90.1 Å². The van der Waals surface area contributed by atoms with Gasteiger partial charge in [0.05, 0.1) is 0 Å². The van der Waals surface area contributed by atoms with E-state index in [9.17, 15) is 19.1 Å². The monoisotopic (exact) mass is 519 g/mol. The third-order valence-electron chi connectivity index (χ3n) is 5.36. The second kappa shape index (κ2) is 15.5. The van der Waals surface area contributed by atoms with Gasteiger partial charge in [0.1, 0.15) is 11.4 Å². The number of benzene rings is 2. The molecular weight excluding hydrogens is 477 g/mol. The van der Waals surface area contributed by atoms with Crippen molar-refractivity contribution in [1.82, 2.24) is 4.57 Å². The zero-order valence-corrected chi connectivity index (χ0v) is 24.1. The van der Waals surface area contributed by atoms with E-state index in [-0.39, 0.29) is 11.4 Å². The topological polar surface area (TPSA) is 59.3 Å². The van der Waals surface area contributed by atoms with Crippen LogP contribution in [0.3, 0.4) is 0 Å². The molecule has 0 unspecified atom stereocenters. The summed E-state index contributed by atoms with van der Waals surface area (Å²) in [5, 5.41) is 9.39. The van der Waals surface area contributed by atoms with Crippen molar-refractivity contribution in [2.24, 2.45) is 5.92 Å². The molecule has 5 heteroatoms. The van der Waals surface area contributed by atoms with Crippen molar-refractivity contribution in [3.05, 3.63) is 111 Å². The van der Waals surface area contributed by atoms with Gasteiger partial charge < -0.3 is 9.67 Å². The molecule has 204 valence electrons. The molecule has 0 bridgehead atoms. The van der Waals surface area contributed by atoms with Crippen molar-refractivity contribution in [1.29, 1.82) is 0 Å². The van der Waals surface area contributed by atoms with Gasteiger partial charge in [0.25, 0.3) is 0 Å². The third-order valence-corrected chi connectivity index (χ3v) is 5.36. The molecule has 0 aliphatic carbocycles. The van der Waals surface area contributed by atoms with E-state index < -0.39 is 11.4 Å². The maximum atomic E-state index is 14.2. The molecule has 2 aromatic carbocycles. The molecule has 1 N–H and O–H groups in total. The number of hydrogen-bond acceptors (Lipinski definition) is 2. The van der Waals surface area contributed by atoms with E-state index in [4.69, 9.17) is 0 Å². The lowest BCUT2D eigenvalue weighted by Gasteiger charge is -2.20. The third kappa shape index (κ3) is 8.98. The van der Waals surface area contributed by atoms with Crippen LogP contribution in [0.2, 0.25) is 0 Å². The van der Waals surface area contributed by atoms with Gasteiger partial charge in [-0.3, -0.25) is 4.79 Å². The van der Waals surface area contributed by atoms with Gasteiger partial charge in [-0.05, 0) is 66.2 Å². The Hall–Kier alpha value is -3.73. The van der Waals surface area contributed by atoms with Gasteiger partial charge in [0.15, 0.2) is 5.43 Å². The first-order valence-electron chi connectivity index (χ1n) is 13.2. The molecule has 0 spiro atoms. The Bertz CT molecular complexity index is 1330. The minimum absolute atomic E-state index is 0.278. The molecule has 0 saturated carbocycles. The molecule has 0 radical (unpaired) electrons. The van der Waals surface area contributed by atoms with E-state index in [0.29, 0.717) is 34.5 Å². The molecule has 3 aromatic rings.